The van der Waals surface area contributed by atoms with Crippen molar-refractivity contribution in [3.63, 3.8) is 0 Å². The quantitative estimate of drug-likeness (QED) is 0.467. The number of benzene rings is 2. The maximum absolute atomic E-state index is 11.3. The first-order valence-corrected chi connectivity index (χ1v) is 11.8. The largest absolute Gasteiger partial charge is 0.383 e. The third kappa shape index (κ3) is 5.32. The molecular formula is C28H33N3O2. The van der Waals surface area contributed by atoms with Crippen molar-refractivity contribution in [2.24, 2.45) is 0 Å². The zero-order chi connectivity index (χ0) is 23.0. The second kappa shape index (κ2) is 10.7. The third-order valence-electron chi connectivity index (χ3n) is 7.04. The van der Waals surface area contributed by atoms with Crippen LogP contribution in [0.1, 0.15) is 42.5 Å². The standard InChI is InChI=1S/C28H33N3O2/c32-23-29-22-27(24-10-3-1-4-11-24,25-12-5-2-6-13-25)15-9-19-31-20-16-28(33,17-21-31)26-14-7-8-18-30-26/h1-8,10-14,18,23,33H,9,15-17,19-22H2,(H,29,32). The van der Waals surface area contributed by atoms with E-state index in [9.17, 15) is 9.90 Å². The summed E-state index contributed by atoms with van der Waals surface area (Å²) in [6.45, 7) is 3.22. The van der Waals surface area contributed by atoms with Gasteiger partial charge in [0, 0.05) is 31.2 Å². The zero-order valence-electron chi connectivity index (χ0n) is 19.1. The van der Waals surface area contributed by atoms with Crippen LogP contribution in [0.4, 0.5) is 0 Å². The summed E-state index contributed by atoms with van der Waals surface area (Å²) in [5.41, 5.74) is 2.09. The van der Waals surface area contributed by atoms with E-state index in [1.54, 1.807) is 6.20 Å². The van der Waals surface area contributed by atoms with Gasteiger partial charge in [0.25, 0.3) is 0 Å². The number of nitrogens with zero attached hydrogens (tertiary/aromatic N) is 2. The molecule has 1 aliphatic heterocycles. The van der Waals surface area contributed by atoms with Gasteiger partial charge < -0.3 is 15.3 Å². The summed E-state index contributed by atoms with van der Waals surface area (Å²) in [5, 5.41) is 14.0. The van der Waals surface area contributed by atoms with Crippen LogP contribution in [0.15, 0.2) is 85.1 Å². The Morgan fingerprint density at radius 3 is 2.09 bits per heavy atom. The van der Waals surface area contributed by atoms with E-state index < -0.39 is 5.60 Å². The Bertz CT molecular complexity index is 948. The lowest BCUT2D eigenvalue weighted by Crippen LogP contribution is -2.44. The number of nitrogens with one attached hydrogen (secondary N) is 1. The smallest absolute Gasteiger partial charge is 0.207 e. The second-order valence-electron chi connectivity index (χ2n) is 9.00. The molecule has 2 aromatic carbocycles. The molecule has 0 saturated carbocycles. The number of piperidine rings is 1. The Hall–Kier alpha value is -3.02. The van der Waals surface area contributed by atoms with E-state index in [0.29, 0.717) is 19.4 Å². The van der Waals surface area contributed by atoms with Gasteiger partial charge in [-0.15, -0.1) is 0 Å². The Balaban J connectivity index is 1.45. The van der Waals surface area contributed by atoms with Crippen molar-refractivity contribution in [3.8, 4) is 0 Å². The van der Waals surface area contributed by atoms with Gasteiger partial charge in [-0.25, -0.2) is 0 Å². The van der Waals surface area contributed by atoms with Gasteiger partial charge in [0.15, 0.2) is 0 Å². The molecule has 2 N–H and O–H groups in total. The van der Waals surface area contributed by atoms with Crippen molar-refractivity contribution in [2.45, 2.75) is 36.7 Å². The number of likely N-dealkylation sites (tertiary alicyclic amines) is 1. The number of aliphatic hydroxyl groups is 1. The molecule has 4 rings (SSSR count). The molecule has 0 radical (unpaired) electrons. The number of hydrogen-bond acceptors (Lipinski definition) is 4. The molecule has 1 amide bonds. The summed E-state index contributed by atoms with van der Waals surface area (Å²) in [4.78, 5) is 18.1. The monoisotopic (exact) mass is 443 g/mol. The van der Waals surface area contributed by atoms with Crippen LogP contribution in [0, 0.1) is 0 Å². The van der Waals surface area contributed by atoms with E-state index in [1.807, 2.05) is 30.3 Å². The van der Waals surface area contributed by atoms with E-state index in [1.165, 1.54) is 11.1 Å². The average molecular weight is 444 g/mol. The highest BCUT2D eigenvalue weighted by atomic mass is 16.3. The van der Waals surface area contributed by atoms with Gasteiger partial charge in [0.05, 0.1) is 5.69 Å². The van der Waals surface area contributed by atoms with Gasteiger partial charge in [-0.2, -0.15) is 0 Å². The molecule has 0 unspecified atom stereocenters. The summed E-state index contributed by atoms with van der Waals surface area (Å²) < 4.78 is 0. The molecule has 33 heavy (non-hydrogen) atoms. The zero-order valence-corrected chi connectivity index (χ0v) is 19.1. The molecular weight excluding hydrogens is 410 g/mol. The summed E-state index contributed by atoms with van der Waals surface area (Å²) in [5.74, 6) is 0. The highest BCUT2D eigenvalue weighted by Gasteiger charge is 2.36. The molecule has 5 nitrogen and oxygen atoms in total. The van der Waals surface area contributed by atoms with Crippen LogP contribution >= 0.6 is 0 Å². The van der Waals surface area contributed by atoms with Crippen LogP contribution < -0.4 is 5.32 Å². The number of rotatable bonds is 10. The Kier molecular flexibility index (Phi) is 7.53. The predicted octanol–water partition coefficient (Wildman–Crippen LogP) is 3.88. The first kappa shape index (κ1) is 23.1. The normalized spacial score (nSPS) is 16.3. The van der Waals surface area contributed by atoms with Crippen molar-refractivity contribution in [1.29, 1.82) is 0 Å². The van der Waals surface area contributed by atoms with E-state index in [4.69, 9.17) is 0 Å². The minimum absolute atomic E-state index is 0.284. The second-order valence-corrected chi connectivity index (χ2v) is 9.00. The molecule has 0 spiro atoms. The van der Waals surface area contributed by atoms with Crippen LogP contribution in [-0.4, -0.2) is 47.6 Å². The van der Waals surface area contributed by atoms with Gasteiger partial charge >= 0.3 is 0 Å². The number of hydrogen-bond donors (Lipinski definition) is 2. The lowest BCUT2D eigenvalue weighted by atomic mass is 9.71. The molecule has 3 aromatic rings. The molecule has 0 atom stereocenters. The fourth-order valence-electron chi connectivity index (χ4n) is 5.12. The summed E-state index contributed by atoms with van der Waals surface area (Å²) in [6.07, 6.45) is 5.84. The third-order valence-corrected chi connectivity index (χ3v) is 7.04. The van der Waals surface area contributed by atoms with Crippen molar-refractivity contribution < 1.29 is 9.90 Å². The number of carbonyl (C=O) groups excluding carboxylic acids is 1. The van der Waals surface area contributed by atoms with Crippen molar-refractivity contribution in [1.82, 2.24) is 15.2 Å². The van der Waals surface area contributed by atoms with E-state index in [-0.39, 0.29) is 5.41 Å². The SMILES string of the molecule is O=CNCC(CCCN1CCC(O)(c2ccccn2)CC1)(c1ccccc1)c1ccccc1. The highest BCUT2D eigenvalue weighted by Crippen LogP contribution is 2.37. The van der Waals surface area contributed by atoms with E-state index >= 15 is 0 Å². The van der Waals surface area contributed by atoms with Crippen molar-refractivity contribution >= 4 is 6.41 Å². The van der Waals surface area contributed by atoms with Crippen LogP contribution in [-0.2, 0) is 15.8 Å². The van der Waals surface area contributed by atoms with Gasteiger partial charge in [-0.05, 0) is 55.5 Å². The Labute approximate surface area is 196 Å². The maximum Gasteiger partial charge on any atom is 0.207 e. The highest BCUT2D eigenvalue weighted by molar-refractivity contribution is 5.48. The number of amides is 1. The molecule has 5 heteroatoms. The minimum Gasteiger partial charge on any atom is -0.383 e. The Morgan fingerprint density at radius 1 is 0.939 bits per heavy atom. The molecule has 0 aliphatic carbocycles. The van der Waals surface area contributed by atoms with E-state index in [2.05, 4.69) is 63.7 Å². The lowest BCUT2D eigenvalue weighted by Gasteiger charge is -2.39. The fourth-order valence-corrected chi connectivity index (χ4v) is 5.12. The van der Waals surface area contributed by atoms with Crippen LogP contribution in [0.5, 0.6) is 0 Å². The van der Waals surface area contributed by atoms with Gasteiger partial charge in [0.1, 0.15) is 5.60 Å². The average Bonchev–Trinajstić information content (AvgIpc) is 2.89. The van der Waals surface area contributed by atoms with Crippen molar-refractivity contribution in [2.75, 3.05) is 26.2 Å². The van der Waals surface area contributed by atoms with Crippen LogP contribution in [0.25, 0.3) is 0 Å². The van der Waals surface area contributed by atoms with Gasteiger partial charge in [0.2, 0.25) is 6.41 Å². The first-order chi connectivity index (χ1) is 16.2. The summed E-state index contributed by atoms with van der Waals surface area (Å²) in [7, 11) is 0. The van der Waals surface area contributed by atoms with Crippen LogP contribution in [0.2, 0.25) is 0 Å². The van der Waals surface area contributed by atoms with E-state index in [0.717, 1.165) is 44.6 Å². The number of pyridine rings is 1. The fraction of sp³-hybridized carbons (Fsp3) is 0.357. The lowest BCUT2D eigenvalue weighted by molar-refractivity contribution is -0.109. The van der Waals surface area contributed by atoms with Gasteiger partial charge in [-0.3, -0.25) is 9.78 Å². The number of aromatic nitrogens is 1. The molecule has 1 aliphatic rings. The number of carbonyl (C=O) groups is 1. The molecule has 1 saturated heterocycles. The van der Waals surface area contributed by atoms with Gasteiger partial charge in [-0.1, -0.05) is 66.7 Å². The molecule has 0 bridgehead atoms. The Morgan fingerprint density at radius 2 is 1.55 bits per heavy atom. The van der Waals surface area contributed by atoms with Crippen LogP contribution in [0.3, 0.4) is 0 Å². The maximum atomic E-state index is 11.3. The topological polar surface area (TPSA) is 65.5 Å². The van der Waals surface area contributed by atoms with Crippen molar-refractivity contribution in [3.05, 3.63) is 102 Å². The first-order valence-electron chi connectivity index (χ1n) is 11.8. The molecule has 1 aromatic heterocycles. The summed E-state index contributed by atoms with van der Waals surface area (Å²) >= 11 is 0. The molecule has 1 fully saturated rings. The minimum atomic E-state index is -0.830. The molecule has 2 heterocycles. The summed E-state index contributed by atoms with van der Waals surface area (Å²) in [6, 6.07) is 26.7. The predicted molar refractivity (Wildman–Crippen MR) is 131 cm³/mol. The molecule has 172 valence electrons.